The van der Waals surface area contributed by atoms with Crippen LogP contribution in [0.5, 0.6) is 0 Å². The maximum atomic E-state index is 10.2. The first-order valence-corrected chi connectivity index (χ1v) is 12.0. The zero-order chi connectivity index (χ0) is 20.5. The van der Waals surface area contributed by atoms with Crippen LogP contribution in [0.4, 0.5) is 0 Å². The van der Waals surface area contributed by atoms with Crippen LogP contribution < -0.4 is 5.32 Å². The van der Waals surface area contributed by atoms with Crippen molar-refractivity contribution in [2.45, 2.75) is 116 Å². The van der Waals surface area contributed by atoms with Gasteiger partial charge in [0.05, 0.1) is 0 Å². The van der Waals surface area contributed by atoms with Gasteiger partial charge in [-0.25, -0.2) is 4.79 Å². The van der Waals surface area contributed by atoms with Crippen LogP contribution in [0.15, 0.2) is 24.3 Å². The molecule has 0 amide bonds. The highest BCUT2D eigenvalue weighted by molar-refractivity contribution is 5.80. The summed E-state index contributed by atoms with van der Waals surface area (Å²) in [6.45, 7) is 4.77. The third-order valence-corrected chi connectivity index (χ3v) is 5.17. The highest BCUT2D eigenvalue weighted by Crippen LogP contribution is 2.13. The van der Waals surface area contributed by atoms with E-state index in [1.807, 2.05) is 6.08 Å². The van der Waals surface area contributed by atoms with Crippen molar-refractivity contribution in [2.75, 3.05) is 13.1 Å². The minimum atomic E-state index is -0.884. The van der Waals surface area contributed by atoms with Crippen LogP contribution in [-0.2, 0) is 4.79 Å². The summed E-state index contributed by atoms with van der Waals surface area (Å²) >= 11 is 0. The molecule has 1 aliphatic rings. The Hall–Kier alpha value is -1.09. The van der Waals surface area contributed by atoms with Crippen molar-refractivity contribution in [3.63, 3.8) is 0 Å². The Morgan fingerprint density at radius 3 is 1.64 bits per heavy atom. The maximum Gasteiger partial charge on any atom is 0.328 e. The van der Waals surface area contributed by atoms with Gasteiger partial charge in [0.15, 0.2) is 0 Å². The van der Waals surface area contributed by atoms with E-state index in [0.717, 1.165) is 6.42 Å². The fourth-order valence-corrected chi connectivity index (χ4v) is 3.39. The lowest BCUT2D eigenvalue weighted by Crippen LogP contribution is -2.21. The molecule has 0 bridgehead atoms. The molecule has 3 heteroatoms. The van der Waals surface area contributed by atoms with Crippen LogP contribution >= 0.6 is 0 Å². The standard InChI is InChI=1S/C20H36O2.C5H11N/c1-2-3-4-5-6-7-8-9-10-11-12-13-14-15-16-17-18-19-20(21)22;1-2-4-6-5-3-1/h16-19H,2-15H2,1H3,(H,21,22);6H,1-5H2. The summed E-state index contributed by atoms with van der Waals surface area (Å²) in [5.74, 6) is -0.884. The lowest BCUT2D eigenvalue weighted by molar-refractivity contribution is -0.131. The number of hydrogen-bond donors (Lipinski definition) is 2. The summed E-state index contributed by atoms with van der Waals surface area (Å²) in [5, 5.41) is 11.7. The summed E-state index contributed by atoms with van der Waals surface area (Å²) in [6, 6.07) is 0. The van der Waals surface area contributed by atoms with Crippen molar-refractivity contribution < 1.29 is 9.90 Å². The average Bonchev–Trinajstić information content (AvgIpc) is 2.72. The third kappa shape index (κ3) is 24.9. The van der Waals surface area contributed by atoms with Crippen molar-refractivity contribution in [1.29, 1.82) is 0 Å². The molecule has 0 aromatic rings. The molecule has 0 aliphatic carbocycles. The summed E-state index contributed by atoms with van der Waals surface area (Å²) in [7, 11) is 0. The topological polar surface area (TPSA) is 49.3 Å². The zero-order valence-corrected chi connectivity index (χ0v) is 18.6. The summed E-state index contributed by atoms with van der Waals surface area (Å²) in [5.41, 5.74) is 0. The van der Waals surface area contributed by atoms with E-state index in [-0.39, 0.29) is 0 Å². The number of carboxylic acid groups (broad SMARTS) is 1. The molecule has 0 spiro atoms. The van der Waals surface area contributed by atoms with Crippen LogP contribution in [0.3, 0.4) is 0 Å². The summed E-state index contributed by atoms with van der Waals surface area (Å²) in [6.07, 6.45) is 29.8. The van der Waals surface area contributed by atoms with Gasteiger partial charge >= 0.3 is 5.97 Å². The molecule has 0 saturated carbocycles. The number of nitrogens with one attached hydrogen (secondary N) is 1. The smallest absolute Gasteiger partial charge is 0.328 e. The molecule has 1 fully saturated rings. The largest absolute Gasteiger partial charge is 0.478 e. The normalized spacial score (nSPS) is 14.3. The van der Waals surface area contributed by atoms with Crippen LogP contribution in [0.2, 0.25) is 0 Å². The van der Waals surface area contributed by atoms with Crippen LogP contribution in [0, 0.1) is 0 Å². The molecule has 1 rings (SSSR count). The van der Waals surface area contributed by atoms with E-state index in [4.69, 9.17) is 5.11 Å². The Balaban J connectivity index is 0.00000102. The van der Waals surface area contributed by atoms with E-state index in [1.165, 1.54) is 122 Å². The predicted molar refractivity (Wildman–Crippen MR) is 123 cm³/mol. The molecule has 28 heavy (non-hydrogen) atoms. The van der Waals surface area contributed by atoms with Crippen LogP contribution in [0.1, 0.15) is 116 Å². The SMILES string of the molecule is C1CCNCC1.CCCCCCCCCCCCCCCC=CC=CC(=O)O. The second kappa shape index (κ2) is 23.9. The van der Waals surface area contributed by atoms with Gasteiger partial charge in [-0.3, -0.25) is 0 Å². The van der Waals surface area contributed by atoms with E-state index in [2.05, 4.69) is 18.3 Å². The number of allylic oxidation sites excluding steroid dienone is 3. The number of carboxylic acids is 1. The van der Waals surface area contributed by atoms with Gasteiger partial charge in [-0.15, -0.1) is 0 Å². The quantitative estimate of drug-likeness (QED) is 0.163. The van der Waals surface area contributed by atoms with Crippen LogP contribution in [-0.4, -0.2) is 24.2 Å². The van der Waals surface area contributed by atoms with Gasteiger partial charge in [0.2, 0.25) is 0 Å². The maximum absolute atomic E-state index is 10.2. The Kier molecular flexibility index (Phi) is 23.0. The van der Waals surface area contributed by atoms with Gasteiger partial charge in [-0.1, -0.05) is 109 Å². The van der Waals surface area contributed by atoms with Gasteiger partial charge < -0.3 is 10.4 Å². The molecule has 1 heterocycles. The zero-order valence-electron chi connectivity index (χ0n) is 18.6. The first kappa shape index (κ1) is 26.9. The van der Waals surface area contributed by atoms with Gasteiger partial charge in [0.25, 0.3) is 0 Å². The molecule has 0 unspecified atom stereocenters. The van der Waals surface area contributed by atoms with Gasteiger partial charge in [-0.2, -0.15) is 0 Å². The highest BCUT2D eigenvalue weighted by Gasteiger charge is 1.94. The van der Waals surface area contributed by atoms with Crippen molar-refractivity contribution in [2.24, 2.45) is 0 Å². The predicted octanol–water partition coefficient (Wildman–Crippen LogP) is 7.42. The Morgan fingerprint density at radius 2 is 1.25 bits per heavy atom. The van der Waals surface area contributed by atoms with E-state index >= 15 is 0 Å². The van der Waals surface area contributed by atoms with E-state index in [9.17, 15) is 4.79 Å². The first-order chi connectivity index (χ1) is 13.8. The number of carbonyl (C=O) groups is 1. The second-order valence-electron chi connectivity index (χ2n) is 7.97. The Labute approximate surface area is 175 Å². The molecule has 0 atom stereocenters. The van der Waals surface area contributed by atoms with Gasteiger partial charge in [0, 0.05) is 6.08 Å². The fourth-order valence-electron chi connectivity index (χ4n) is 3.39. The number of rotatable bonds is 16. The average molecular weight is 394 g/mol. The van der Waals surface area contributed by atoms with E-state index in [1.54, 1.807) is 6.08 Å². The van der Waals surface area contributed by atoms with E-state index < -0.39 is 5.97 Å². The number of aliphatic carboxylic acids is 1. The minimum Gasteiger partial charge on any atom is -0.478 e. The Morgan fingerprint density at radius 1 is 0.750 bits per heavy atom. The minimum absolute atomic E-state index is 0.884. The number of hydrogen-bond acceptors (Lipinski definition) is 2. The molecule has 0 radical (unpaired) electrons. The lowest BCUT2D eigenvalue weighted by Gasteiger charge is -2.08. The molecular weight excluding hydrogens is 346 g/mol. The van der Waals surface area contributed by atoms with Crippen molar-refractivity contribution in [3.05, 3.63) is 24.3 Å². The first-order valence-electron chi connectivity index (χ1n) is 12.0. The molecule has 1 saturated heterocycles. The second-order valence-corrected chi connectivity index (χ2v) is 7.97. The summed E-state index contributed by atoms with van der Waals surface area (Å²) in [4.78, 5) is 10.2. The van der Waals surface area contributed by atoms with Crippen molar-refractivity contribution in [1.82, 2.24) is 5.32 Å². The monoisotopic (exact) mass is 393 g/mol. The highest BCUT2D eigenvalue weighted by atomic mass is 16.4. The molecule has 1 aliphatic heterocycles. The molecule has 0 aromatic carbocycles. The summed E-state index contributed by atoms with van der Waals surface area (Å²) < 4.78 is 0. The molecule has 0 aromatic heterocycles. The molecule has 3 nitrogen and oxygen atoms in total. The molecule has 2 N–H and O–H groups in total. The number of piperidine rings is 1. The number of unbranched alkanes of at least 4 members (excludes halogenated alkanes) is 13. The lowest BCUT2D eigenvalue weighted by atomic mass is 10.0. The van der Waals surface area contributed by atoms with Crippen molar-refractivity contribution >= 4 is 5.97 Å². The fraction of sp³-hybridized carbons (Fsp3) is 0.800. The third-order valence-electron chi connectivity index (χ3n) is 5.17. The van der Waals surface area contributed by atoms with Crippen LogP contribution in [0.25, 0.3) is 0 Å². The van der Waals surface area contributed by atoms with E-state index in [0.29, 0.717) is 0 Å². The van der Waals surface area contributed by atoms with Gasteiger partial charge in [0.1, 0.15) is 0 Å². The van der Waals surface area contributed by atoms with Gasteiger partial charge in [-0.05, 0) is 38.8 Å². The van der Waals surface area contributed by atoms with Crippen molar-refractivity contribution in [3.8, 4) is 0 Å². The molecule has 164 valence electrons. The molecular formula is C25H47NO2. The Bertz CT molecular complexity index is 361.